The molecule has 0 amide bonds. The molecule has 0 unspecified atom stereocenters. The third kappa shape index (κ3) is 1.67. The summed E-state index contributed by atoms with van der Waals surface area (Å²) in [6, 6.07) is -0.359. The van der Waals surface area contributed by atoms with Gasteiger partial charge in [0, 0.05) is 0 Å². The number of Topliss-reactive ketones (excluding diaryl/α,β-unsaturated/α-hetero) is 1. The van der Waals surface area contributed by atoms with Crippen LogP contribution >= 0.6 is 0 Å². The minimum atomic E-state index is -0.553. The first-order chi connectivity index (χ1) is 5.51. The third-order valence-corrected chi connectivity index (χ3v) is 2.66. The molecule has 1 aliphatic heterocycles. The van der Waals surface area contributed by atoms with Crippen LogP contribution in [-0.4, -0.2) is 24.0 Å². The van der Waals surface area contributed by atoms with Crippen molar-refractivity contribution in [3.63, 3.8) is 0 Å². The van der Waals surface area contributed by atoms with E-state index in [-0.39, 0.29) is 17.7 Å². The molecule has 3 atom stereocenters. The van der Waals surface area contributed by atoms with Crippen molar-refractivity contribution in [3.8, 4) is 0 Å². The zero-order valence-corrected chi connectivity index (χ0v) is 7.96. The lowest BCUT2D eigenvalue weighted by atomic mass is 9.90. The minimum absolute atomic E-state index is 0.0526. The molecule has 0 aromatic carbocycles. The van der Waals surface area contributed by atoms with Crippen molar-refractivity contribution in [2.24, 2.45) is 11.7 Å². The van der Waals surface area contributed by atoms with Crippen LogP contribution in [0.4, 0.5) is 0 Å². The maximum atomic E-state index is 11.6. The van der Waals surface area contributed by atoms with Crippen molar-refractivity contribution in [2.45, 2.75) is 38.8 Å². The maximum Gasteiger partial charge on any atom is 0.183 e. The summed E-state index contributed by atoms with van der Waals surface area (Å²) in [5.74, 6) is 0.301. The Hall–Kier alpha value is -0.410. The second kappa shape index (κ2) is 3.15. The van der Waals surface area contributed by atoms with Gasteiger partial charge in [0.15, 0.2) is 5.78 Å². The van der Waals surface area contributed by atoms with Crippen LogP contribution in [0.2, 0.25) is 0 Å². The summed E-state index contributed by atoms with van der Waals surface area (Å²) < 4.78 is 5.04. The highest BCUT2D eigenvalue weighted by Gasteiger charge is 2.49. The van der Waals surface area contributed by atoms with E-state index in [1.165, 1.54) is 0 Å². The zero-order chi connectivity index (χ0) is 9.35. The van der Waals surface area contributed by atoms with Crippen LogP contribution in [-0.2, 0) is 9.53 Å². The van der Waals surface area contributed by atoms with Gasteiger partial charge in [0.1, 0.15) is 5.60 Å². The molecular weight excluding hydrogens is 154 g/mol. The lowest BCUT2D eigenvalue weighted by molar-refractivity contribution is -0.125. The summed E-state index contributed by atoms with van der Waals surface area (Å²) in [7, 11) is 0. The Balaban J connectivity index is 2.52. The van der Waals surface area contributed by atoms with Gasteiger partial charge in [0.25, 0.3) is 0 Å². The highest BCUT2D eigenvalue weighted by molar-refractivity contribution is 5.93. The predicted octanol–water partition coefficient (Wildman–Crippen LogP) is 0.718. The number of hydrogen-bond acceptors (Lipinski definition) is 3. The van der Waals surface area contributed by atoms with Crippen molar-refractivity contribution in [2.75, 3.05) is 6.61 Å². The van der Waals surface area contributed by atoms with Gasteiger partial charge in [-0.3, -0.25) is 4.79 Å². The van der Waals surface area contributed by atoms with E-state index >= 15 is 0 Å². The average molecular weight is 171 g/mol. The van der Waals surface area contributed by atoms with Crippen molar-refractivity contribution < 1.29 is 9.53 Å². The minimum Gasteiger partial charge on any atom is -0.362 e. The van der Waals surface area contributed by atoms with Crippen LogP contribution in [0.3, 0.4) is 0 Å². The molecule has 0 aliphatic carbocycles. The second-order valence-electron chi connectivity index (χ2n) is 3.80. The Morgan fingerprint density at radius 1 is 1.75 bits per heavy atom. The lowest BCUT2D eigenvalue weighted by Crippen LogP contribution is -2.43. The molecular formula is C9H17NO2. The van der Waals surface area contributed by atoms with Crippen LogP contribution in [0.25, 0.3) is 0 Å². The summed E-state index contributed by atoms with van der Waals surface area (Å²) in [6.45, 7) is 6.37. The Bertz CT molecular complexity index is 187. The number of rotatable bonds is 4. The molecule has 3 heteroatoms. The normalized spacial score (nSPS) is 32.7. The van der Waals surface area contributed by atoms with Gasteiger partial charge in [-0.05, 0) is 12.8 Å². The van der Waals surface area contributed by atoms with Crippen LogP contribution in [0.1, 0.15) is 27.2 Å². The first-order valence-electron chi connectivity index (χ1n) is 4.45. The molecule has 12 heavy (non-hydrogen) atoms. The fourth-order valence-corrected chi connectivity index (χ4v) is 1.12. The van der Waals surface area contributed by atoms with E-state index in [1.54, 1.807) is 6.92 Å². The predicted molar refractivity (Wildman–Crippen MR) is 46.8 cm³/mol. The molecule has 1 aliphatic rings. The number of ketones is 1. The Labute approximate surface area is 73.3 Å². The number of ether oxygens (including phenoxy) is 1. The van der Waals surface area contributed by atoms with Gasteiger partial charge in [-0.15, -0.1) is 0 Å². The van der Waals surface area contributed by atoms with Gasteiger partial charge in [-0.25, -0.2) is 0 Å². The maximum absolute atomic E-state index is 11.6. The van der Waals surface area contributed by atoms with E-state index in [4.69, 9.17) is 10.5 Å². The Kier molecular flexibility index (Phi) is 2.54. The van der Waals surface area contributed by atoms with Gasteiger partial charge >= 0.3 is 0 Å². The van der Waals surface area contributed by atoms with Crippen molar-refractivity contribution in [1.29, 1.82) is 0 Å². The molecule has 0 aromatic heterocycles. The number of hydrogen-bond donors (Lipinski definition) is 1. The molecule has 3 nitrogen and oxygen atoms in total. The highest BCUT2D eigenvalue weighted by Crippen LogP contribution is 2.29. The summed E-state index contributed by atoms with van der Waals surface area (Å²) in [5, 5.41) is 0. The lowest BCUT2D eigenvalue weighted by Gasteiger charge is -2.18. The van der Waals surface area contributed by atoms with E-state index in [1.807, 2.05) is 13.8 Å². The molecule has 70 valence electrons. The first kappa shape index (κ1) is 9.68. The zero-order valence-electron chi connectivity index (χ0n) is 7.96. The van der Waals surface area contributed by atoms with Crippen LogP contribution < -0.4 is 5.73 Å². The standard InChI is InChI=1S/C9H17NO2/c1-4-6(2)7(10)8(11)9(3)5-12-9/h6-7H,4-5,10H2,1-3H3/t6-,7-,9+/m0/s1. The van der Waals surface area contributed by atoms with Crippen LogP contribution in [0.5, 0.6) is 0 Å². The topological polar surface area (TPSA) is 55.6 Å². The SMILES string of the molecule is CC[C@H](C)[C@H](N)C(=O)[C@@]1(C)CO1. The van der Waals surface area contributed by atoms with Gasteiger partial charge in [-0.1, -0.05) is 20.3 Å². The van der Waals surface area contributed by atoms with Gasteiger partial charge < -0.3 is 10.5 Å². The fraction of sp³-hybridized carbons (Fsp3) is 0.889. The van der Waals surface area contributed by atoms with Gasteiger partial charge in [-0.2, -0.15) is 0 Å². The summed E-state index contributed by atoms with van der Waals surface area (Å²) in [4.78, 5) is 11.6. The van der Waals surface area contributed by atoms with E-state index in [0.717, 1.165) is 6.42 Å². The molecule has 1 fully saturated rings. The molecule has 1 heterocycles. The molecule has 2 N–H and O–H groups in total. The highest BCUT2D eigenvalue weighted by atomic mass is 16.6. The number of epoxide rings is 1. The van der Waals surface area contributed by atoms with E-state index < -0.39 is 5.60 Å². The third-order valence-electron chi connectivity index (χ3n) is 2.66. The number of nitrogens with two attached hydrogens (primary N) is 1. The van der Waals surface area contributed by atoms with Crippen molar-refractivity contribution in [3.05, 3.63) is 0 Å². The van der Waals surface area contributed by atoms with Crippen molar-refractivity contribution >= 4 is 5.78 Å². The molecule has 1 saturated heterocycles. The summed E-state index contributed by atoms with van der Waals surface area (Å²) in [5.41, 5.74) is 5.22. The van der Waals surface area contributed by atoms with Gasteiger partial charge in [0.05, 0.1) is 12.6 Å². The van der Waals surface area contributed by atoms with Gasteiger partial charge in [0.2, 0.25) is 0 Å². The molecule has 0 radical (unpaired) electrons. The largest absolute Gasteiger partial charge is 0.362 e. The Morgan fingerprint density at radius 2 is 2.25 bits per heavy atom. The number of carbonyl (C=O) groups excluding carboxylic acids is 1. The smallest absolute Gasteiger partial charge is 0.183 e. The van der Waals surface area contributed by atoms with E-state index in [2.05, 4.69) is 0 Å². The first-order valence-corrected chi connectivity index (χ1v) is 4.45. The molecule has 1 rings (SSSR count). The molecule has 0 spiro atoms. The average Bonchev–Trinajstić information content (AvgIpc) is 2.81. The van der Waals surface area contributed by atoms with E-state index in [0.29, 0.717) is 6.61 Å². The van der Waals surface area contributed by atoms with Crippen LogP contribution in [0, 0.1) is 5.92 Å². The number of carbonyl (C=O) groups is 1. The van der Waals surface area contributed by atoms with E-state index in [9.17, 15) is 4.79 Å². The molecule has 0 aromatic rings. The Morgan fingerprint density at radius 3 is 2.58 bits per heavy atom. The quantitative estimate of drug-likeness (QED) is 0.634. The monoisotopic (exact) mass is 171 g/mol. The second-order valence-corrected chi connectivity index (χ2v) is 3.80. The molecule has 0 bridgehead atoms. The van der Waals surface area contributed by atoms with Crippen molar-refractivity contribution in [1.82, 2.24) is 0 Å². The fourth-order valence-electron chi connectivity index (χ4n) is 1.12. The molecule has 0 saturated carbocycles. The van der Waals surface area contributed by atoms with Crippen LogP contribution in [0.15, 0.2) is 0 Å². The summed E-state index contributed by atoms with van der Waals surface area (Å²) in [6.07, 6.45) is 0.934. The summed E-state index contributed by atoms with van der Waals surface area (Å²) >= 11 is 0.